The highest BCUT2D eigenvalue weighted by molar-refractivity contribution is 6.01. The number of benzene rings is 1. The fourth-order valence-electron chi connectivity index (χ4n) is 4.48. The van der Waals surface area contributed by atoms with Crippen LogP contribution in [-0.2, 0) is 0 Å². The van der Waals surface area contributed by atoms with Crippen molar-refractivity contribution in [3.63, 3.8) is 0 Å². The first kappa shape index (κ1) is 14.3. The maximum Gasteiger partial charge on any atom is 0.169 e. The van der Waals surface area contributed by atoms with E-state index >= 15 is 0 Å². The van der Waals surface area contributed by atoms with Crippen molar-refractivity contribution in [1.29, 1.82) is 0 Å². The van der Waals surface area contributed by atoms with Crippen LogP contribution in [0.5, 0.6) is 0 Å². The summed E-state index contributed by atoms with van der Waals surface area (Å²) in [7, 11) is 0. The zero-order chi connectivity index (χ0) is 15.0. The summed E-state index contributed by atoms with van der Waals surface area (Å²) in [6, 6.07) is 6.24. The molecule has 0 spiro atoms. The van der Waals surface area contributed by atoms with E-state index in [1.807, 2.05) is 0 Å². The van der Waals surface area contributed by atoms with Crippen LogP contribution in [-0.4, -0.2) is 11.8 Å². The second-order valence-electron chi connectivity index (χ2n) is 6.73. The summed E-state index contributed by atoms with van der Waals surface area (Å²) >= 11 is 0. The third-order valence-electron chi connectivity index (χ3n) is 5.78. The van der Waals surface area contributed by atoms with E-state index in [0.29, 0.717) is 17.4 Å². The molecule has 0 aromatic heterocycles. The SMILES string of the molecule is CC1(C(=O)c2ccc(C(=O)[O-])cc2)C2CCCC1CCC2. The van der Waals surface area contributed by atoms with Gasteiger partial charge in [0, 0.05) is 11.0 Å². The monoisotopic (exact) mass is 285 g/mol. The molecule has 2 saturated carbocycles. The molecular formula is C18H21O3-. The van der Waals surface area contributed by atoms with E-state index < -0.39 is 5.97 Å². The summed E-state index contributed by atoms with van der Waals surface area (Å²) in [4.78, 5) is 23.9. The van der Waals surface area contributed by atoms with Crippen LogP contribution in [0.3, 0.4) is 0 Å². The Balaban J connectivity index is 1.91. The Hall–Kier alpha value is -1.64. The number of carbonyl (C=O) groups is 2. The highest BCUT2D eigenvalue weighted by Crippen LogP contribution is 2.54. The minimum Gasteiger partial charge on any atom is -0.545 e. The summed E-state index contributed by atoms with van der Waals surface area (Å²) in [5.74, 6) is -0.0341. The first-order chi connectivity index (χ1) is 10.0. The largest absolute Gasteiger partial charge is 0.545 e. The lowest BCUT2D eigenvalue weighted by atomic mass is 9.53. The topological polar surface area (TPSA) is 57.2 Å². The molecule has 3 nitrogen and oxygen atoms in total. The van der Waals surface area contributed by atoms with Crippen LogP contribution in [0.2, 0.25) is 0 Å². The summed E-state index contributed by atoms with van der Waals surface area (Å²) in [5, 5.41) is 10.8. The summed E-state index contributed by atoms with van der Waals surface area (Å²) in [5.41, 5.74) is 0.501. The van der Waals surface area contributed by atoms with E-state index in [2.05, 4.69) is 6.92 Å². The molecule has 3 rings (SSSR count). The molecule has 0 aliphatic heterocycles. The minimum atomic E-state index is -1.20. The van der Waals surface area contributed by atoms with Crippen LogP contribution in [0.25, 0.3) is 0 Å². The Bertz CT molecular complexity index is 536. The molecule has 2 aliphatic carbocycles. The molecule has 1 aromatic rings. The summed E-state index contributed by atoms with van der Waals surface area (Å²) < 4.78 is 0. The van der Waals surface area contributed by atoms with E-state index in [4.69, 9.17) is 0 Å². The number of ketones is 1. The van der Waals surface area contributed by atoms with Crippen molar-refractivity contribution < 1.29 is 14.7 Å². The van der Waals surface area contributed by atoms with Crippen molar-refractivity contribution in [2.24, 2.45) is 17.3 Å². The van der Waals surface area contributed by atoms with Crippen molar-refractivity contribution in [2.75, 3.05) is 0 Å². The van der Waals surface area contributed by atoms with Gasteiger partial charge in [-0.05, 0) is 43.1 Å². The van der Waals surface area contributed by atoms with Gasteiger partial charge in [0.15, 0.2) is 5.78 Å². The number of Topliss-reactive ketones (excluding diaryl/α,β-unsaturated/α-hetero) is 1. The lowest BCUT2D eigenvalue weighted by Gasteiger charge is -2.50. The van der Waals surface area contributed by atoms with Gasteiger partial charge in [-0.15, -0.1) is 0 Å². The molecule has 0 saturated heterocycles. The Kier molecular flexibility index (Phi) is 3.60. The van der Waals surface area contributed by atoms with Crippen LogP contribution in [0, 0.1) is 17.3 Å². The van der Waals surface area contributed by atoms with Crippen molar-refractivity contribution in [3.8, 4) is 0 Å². The zero-order valence-electron chi connectivity index (χ0n) is 12.4. The molecule has 0 atom stereocenters. The number of rotatable bonds is 3. The predicted molar refractivity (Wildman–Crippen MR) is 77.9 cm³/mol. The number of carboxylic acids is 1. The molecule has 2 bridgehead atoms. The Labute approximate surface area is 125 Å². The average molecular weight is 285 g/mol. The molecule has 112 valence electrons. The highest BCUT2D eigenvalue weighted by Gasteiger charge is 2.50. The van der Waals surface area contributed by atoms with Gasteiger partial charge in [0.05, 0.1) is 5.97 Å². The van der Waals surface area contributed by atoms with Crippen LogP contribution in [0.15, 0.2) is 24.3 Å². The number of carboxylic acid groups (broad SMARTS) is 1. The fraction of sp³-hybridized carbons (Fsp3) is 0.556. The Morgan fingerprint density at radius 2 is 1.38 bits per heavy atom. The number of fused-ring (bicyclic) bond motifs is 2. The molecule has 2 fully saturated rings. The van der Waals surface area contributed by atoms with Gasteiger partial charge in [-0.25, -0.2) is 0 Å². The molecule has 2 aliphatic rings. The van der Waals surface area contributed by atoms with Gasteiger partial charge in [-0.3, -0.25) is 4.79 Å². The Morgan fingerprint density at radius 1 is 0.952 bits per heavy atom. The van der Waals surface area contributed by atoms with Gasteiger partial charge in [0.1, 0.15) is 0 Å². The first-order valence-corrected chi connectivity index (χ1v) is 7.89. The minimum absolute atomic E-state index is 0.126. The third-order valence-corrected chi connectivity index (χ3v) is 5.78. The molecule has 0 radical (unpaired) electrons. The number of aromatic carboxylic acids is 1. The van der Waals surface area contributed by atoms with E-state index in [0.717, 1.165) is 25.7 Å². The molecular weight excluding hydrogens is 264 g/mol. The molecule has 3 heteroatoms. The zero-order valence-corrected chi connectivity index (χ0v) is 12.4. The van der Waals surface area contributed by atoms with E-state index in [9.17, 15) is 14.7 Å². The quantitative estimate of drug-likeness (QED) is 0.802. The van der Waals surface area contributed by atoms with Gasteiger partial charge in [0.25, 0.3) is 0 Å². The number of carbonyl (C=O) groups excluding carboxylic acids is 2. The van der Waals surface area contributed by atoms with Crippen molar-refractivity contribution in [2.45, 2.75) is 45.4 Å². The van der Waals surface area contributed by atoms with Crippen molar-refractivity contribution in [1.82, 2.24) is 0 Å². The van der Waals surface area contributed by atoms with Crippen LogP contribution < -0.4 is 5.11 Å². The Morgan fingerprint density at radius 3 is 1.81 bits per heavy atom. The highest BCUT2D eigenvalue weighted by atomic mass is 16.4. The van der Waals surface area contributed by atoms with Gasteiger partial charge < -0.3 is 9.90 Å². The molecule has 0 N–H and O–H groups in total. The lowest BCUT2D eigenvalue weighted by Crippen LogP contribution is -2.47. The molecule has 0 unspecified atom stereocenters. The maximum atomic E-state index is 13.1. The van der Waals surface area contributed by atoms with Crippen molar-refractivity contribution >= 4 is 11.8 Å². The third kappa shape index (κ3) is 2.29. The van der Waals surface area contributed by atoms with Gasteiger partial charge in [-0.2, -0.15) is 0 Å². The molecule has 1 aromatic carbocycles. The van der Waals surface area contributed by atoms with Gasteiger partial charge in [0.2, 0.25) is 0 Å². The lowest BCUT2D eigenvalue weighted by molar-refractivity contribution is -0.255. The van der Waals surface area contributed by atoms with Crippen LogP contribution >= 0.6 is 0 Å². The molecule has 0 amide bonds. The van der Waals surface area contributed by atoms with Gasteiger partial charge >= 0.3 is 0 Å². The van der Waals surface area contributed by atoms with E-state index in [-0.39, 0.29) is 16.8 Å². The smallest absolute Gasteiger partial charge is 0.169 e. The second-order valence-corrected chi connectivity index (χ2v) is 6.73. The standard InChI is InChI=1S/C18H22O3/c1-18(14-4-2-5-15(18)7-3-6-14)16(19)12-8-10-13(11-9-12)17(20)21/h8-11,14-15H,2-7H2,1H3,(H,20,21)/p-1. The fourth-order valence-corrected chi connectivity index (χ4v) is 4.48. The van der Waals surface area contributed by atoms with Crippen LogP contribution in [0.4, 0.5) is 0 Å². The molecule has 0 heterocycles. The number of hydrogen-bond donors (Lipinski definition) is 0. The van der Waals surface area contributed by atoms with E-state index in [1.54, 1.807) is 12.1 Å². The second kappa shape index (κ2) is 5.28. The van der Waals surface area contributed by atoms with Crippen molar-refractivity contribution in [3.05, 3.63) is 35.4 Å². The van der Waals surface area contributed by atoms with Gasteiger partial charge in [-0.1, -0.05) is 44.0 Å². The average Bonchev–Trinajstić information content (AvgIpc) is 2.46. The molecule has 21 heavy (non-hydrogen) atoms. The normalized spacial score (nSPS) is 31.7. The maximum absolute atomic E-state index is 13.1. The van der Waals surface area contributed by atoms with E-state index in [1.165, 1.54) is 25.0 Å². The predicted octanol–water partition coefficient (Wildman–Crippen LogP) is 2.84. The first-order valence-electron chi connectivity index (χ1n) is 7.89. The summed E-state index contributed by atoms with van der Waals surface area (Å²) in [6.45, 7) is 2.13. The summed E-state index contributed by atoms with van der Waals surface area (Å²) in [6.07, 6.45) is 7.07. The number of hydrogen-bond acceptors (Lipinski definition) is 3. The van der Waals surface area contributed by atoms with Crippen LogP contribution in [0.1, 0.15) is 66.2 Å².